The Morgan fingerprint density at radius 1 is 1.16 bits per heavy atom. The molecule has 0 bridgehead atoms. The average Bonchev–Trinajstić information content (AvgIpc) is 2.73. The molecule has 164 valence electrons. The van der Waals surface area contributed by atoms with Gasteiger partial charge in [0.15, 0.2) is 0 Å². The molecule has 3 rings (SSSR count). The third-order valence-electron chi connectivity index (χ3n) is 5.97. The molecule has 0 saturated carbocycles. The summed E-state index contributed by atoms with van der Waals surface area (Å²) in [5.74, 6) is -2.09. The predicted molar refractivity (Wildman–Crippen MR) is 125 cm³/mol. The molecular formula is C26H32N2O3. The summed E-state index contributed by atoms with van der Waals surface area (Å²) in [6, 6.07) is 14.6. The van der Waals surface area contributed by atoms with Crippen LogP contribution in [-0.2, 0) is 4.79 Å². The fraction of sp³-hybridized carbons (Fsp3) is 0.385. The second-order valence-electron chi connectivity index (χ2n) is 9.04. The van der Waals surface area contributed by atoms with E-state index in [2.05, 4.69) is 37.0 Å². The number of primary amides is 1. The Balaban J connectivity index is 2.08. The third kappa shape index (κ3) is 5.16. The van der Waals surface area contributed by atoms with Crippen LogP contribution < -0.4 is 10.6 Å². The topological polar surface area (TPSA) is 83.6 Å². The first-order valence-corrected chi connectivity index (χ1v) is 10.9. The normalized spacial score (nSPS) is 17.3. The molecule has 5 nitrogen and oxygen atoms in total. The van der Waals surface area contributed by atoms with E-state index in [4.69, 9.17) is 5.73 Å². The van der Waals surface area contributed by atoms with E-state index in [1.165, 1.54) is 18.6 Å². The number of carboxylic acids is 1. The minimum absolute atomic E-state index is 0.184. The number of piperidine rings is 1. The fourth-order valence-corrected chi connectivity index (χ4v) is 4.54. The first kappa shape index (κ1) is 22.6. The minimum Gasteiger partial charge on any atom is -0.478 e. The van der Waals surface area contributed by atoms with Gasteiger partial charge in [-0.2, -0.15) is 0 Å². The number of nitrogens with zero attached hydrogens (tertiary/aromatic N) is 1. The van der Waals surface area contributed by atoms with E-state index in [0.717, 1.165) is 42.8 Å². The highest BCUT2D eigenvalue weighted by atomic mass is 16.4. The van der Waals surface area contributed by atoms with Crippen molar-refractivity contribution in [2.45, 2.75) is 46.0 Å². The first-order chi connectivity index (χ1) is 14.7. The largest absolute Gasteiger partial charge is 0.478 e. The van der Waals surface area contributed by atoms with Crippen molar-refractivity contribution in [1.82, 2.24) is 0 Å². The van der Waals surface area contributed by atoms with Crippen LogP contribution in [0.5, 0.6) is 0 Å². The molecule has 1 unspecified atom stereocenters. The van der Waals surface area contributed by atoms with Crippen molar-refractivity contribution in [3.05, 3.63) is 71.3 Å². The molecule has 3 N–H and O–H groups in total. The van der Waals surface area contributed by atoms with Gasteiger partial charge in [0.05, 0.1) is 11.5 Å². The summed E-state index contributed by atoms with van der Waals surface area (Å²) < 4.78 is 0. The van der Waals surface area contributed by atoms with Crippen LogP contribution in [0.4, 0.5) is 5.69 Å². The molecule has 1 atom stereocenters. The van der Waals surface area contributed by atoms with Crippen molar-refractivity contribution in [1.29, 1.82) is 0 Å². The quantitative estimate of drug-likeness (QED) is 0.655. The fourth-order valence-electron chi connectivity index (χ4n) is 4.54. The van der Waals surface area contributed by atoms with Crippen LogP contribution in [0.2, 0.25) is 0 Å². The second-order valence-corrected chi connectivity index (χ2v) is 9.04. The standard InChI is InChI=1S/C26H32N2O3/c1-4-8-21(23(24(27)29)18-11-13-19(14-12-18)25(30)31)20-9-5-6-10-22(20)28-16-7-15-26(2,3)17-28/h5-6,8-14,23H,4,7,15-17H2,1-3H3,(H2,27,29)(H,30,31). The zero-order valence-corrected chi connectivity index (χ0v) is 18.6. The number of carbonyl (C=O) groups is 2. The van der Waals surface area contributed by atoms with Crippen LogP contribution in [0.1, 0.15) is 67.4 Å². The molecule has 0 spiro atoms. The maximum absolute atomic E-state index is 12.7. The number of benzene rings is 2. The molecular weight excluding hydrogens is 388 g/mol. The lowest BCUT2D eigenvalue weighted by atomic mass is 9.82. The average molecular weight is 421 g/mol. The van der Waals surface area contributed by atoms with Gasteiger partial charge in [0.25, 0.3) is 0 Å². The maximum Gasteiger partial charge on any atom is 0.335 e. The SMILES string of the molecule is CCC=C(c1ccccc1N1CCCC(C)(C)C1)C(C(N)=O)c1ccc(C(=O)O)cc1. The van der Waals surface area contributed by atoms with Crippen LogP contribution in [0.15, 0.2) is 54.6 Å². The van der Waals surface area contributed by atoms with E-state index >= 15 is 0 Å². The van der Waals surface area contributed by atoms with Gasteiger partial charge in [0.1, 0.15) is 0 Å². The van der Waals surface area contributed by atoms with E-state index < -0.39 is 17.8 Å². The number of nitrogens with two attached hydrogens (primary N) is 1. The van der Waals surface area contributed by atoms with Gasteiger partial charge >= 0.3 is 5.97 Å². The zero-order valence-electron chi connectivity index (χ0n) is 18.6. The molecule has 0 aliphatic carbocycles. The first-order valence-electron chi connectivity index (χ1n) is 10.9. The van der Waals surface area contributed by atoms with Gasteiger partial charge in [-0.15, -0.1) is 0 Å². The van der Waals surface area contributed by atoms with Crippen molar-refractivity contribution < 1.29 is 14.7 Å². The monoisotopic (exact) mass is 420 g/mol. The Morgan fingerprint density at radius 2 is 1.84 bits per heavy atom. The summed E-state index contributed by atoms with van der Waals surface area (Å²) in [6.07, 6.45) is 5.15. The Hall–Kier alpha value is -3.08. The van der Waals surface area contributed by atoms with Gasteiger partial charge < -0.3 is 15.7 Å². The van der Waals surface area contributed by atoms with Crippen molar-refractivity contribution in [3.8, 4) is 0 Å². The highest BCUT2D eigenvalue weighted by Gasteiger charge is 2.30. The van der Waals surface area contributed by atoms with E-state index in [1.54, 1.807) is 12.1 Å². The van der Waals surface area contributed by atoms with Gasteiger partial charge in [0.2, 0.25) is 5.91 Å². The Kier molecular flexibility index (Phi) is 6.84. The highest BCUT2D eigenvalue weighted by molar-refractivity contribution is 5.98. The molecule has 1 aliphatic rings. The molecule has 1 aliphatic heterocycles. The summed E-state index contributed by atoms with van der Waals surface area (Å²) in [5.41, 5.74) is 10.0. The summed E-state index contributed by atoms with van der Waals surface area (Å²) in [5, 5.41) is 9.21. The van der Waals surface area contributed by atoms with Crippen molar-refractivity contribution in [3.63, 3.8) is 0 Å². The van der Waals surface area contributed by atoms with E-state index in [-0.39, 0.29) is 11.0 Å². The third-order valence-corrected chi connectivity index (χ3v) is 5.97. The number of hydrogen-bond donors (Lipinski definition) is 2. The summed E-state index contributed by atoms with van der Waals surface area (Å²) in [6.45, 7) is 8.56. The molecule has 1 fully saturated rings. The number of carboxylic acid groups (broad SMARTS) is 1. The zero-order chi connectivity index (χ0) is 22.6. The number of rotatable bonds is 7. The molecule has 1 saturated heterocycles. The molecule has 1 heterocycles. The Labute approximate surface area is 184 Å². The van der Waals surface area contributed by atoms with E-state index in [0.29, 0.717) is 5.56 Å². The smallest absolute Gasteiger partial charge is 0.335 e. The van der Waals surface area contributed by atoms with Gasteiger partial charge in [-0.1, -0.05) is 57.2 Å². The van der Waals surface area contributed by atoms with Crippen LogP contribution in [0, 0.1) is 5.41 Å². The Morgan fingerprint density at radius 3 is 2.42 bits per heavy atom. The highest BCUT2D eigenvalue weighted by Crippen LogP contribution is 2.40. The maximum atomic E-state index is 12.7. The van der Waals surface area contributed by atoms with E-state index in [9.17, 15) is 14.7 Å². The lowest BCUT2D eigenvalue weighted by Crippen LogP contribution is -2.40. The molecule has 31 heavy (non-hydrogen) atoms. The number of amides is 1. The van der Waals surface area contributed by atoms with Crippen LogP contribution >= 0.6 is 0 Å². The Bertz CT molecular complexity index is 976. The minimum atomic E-state index is -0.996. The predicted octanol–water partition coefficient (Wildman–Crippen LogP) is 5.07. The number of aromatic carboxylic acids is 1. The molecule has 2 aromatic rings. The van der Waals surface area contributed by atoms with Crippen LogP contribution in [0.25, 0.3) is 5.57 Å². The van der Waals surface area contributed by atoms with Gasteiger partial charge in [-0.3, -0.25) is 4.79 Å². The van der Waals surface area contributed by atoms with E-state index in [1.807, 2.05) is 19.1 Å². The molecule has 5 heteroatoms. The lowest BCUT2D eigenvalue weighted by Gasteiger charge is -2.40. The lowest BCUT2D eigenvalue weighted by molar-refractivity contribution is -0.118. The molecule has 1 amide bonds. The molecule has 0 aromatic heterocycles. The van der Waals surface area contributed by atoms with Gasteiger partial charge in [-0.05, 0) is 54.0 Å². The summed E-state index contributed by atoms with van der Waals surface area (Å²) in [4.78, 5) is 26.3. The number of carbonyl (C=O) groups excluding carboxylic acids is 1. The van der Waals surface area contributed by atoms with Crippen LogP contribution in [-0.4, -0.2) is 30.1 Å². The summed E-state index contributed by atoms with van der Waals surface area (Å²) in [7, 11) is 0. The van der Waals surface area contributed by atoms with Crippen molar-refractivity contribution in [2.75, 3.05) is 18.0 Å². The summed E-state index contributed by atoms with van der Waals surface area (Å²) >= 11 is 0. The van der Waals surface area contributed by atoms with Crippen LogP contribution in [0.3, 0.4) is 0 Å². The van der Waals surface area contributed by atoms with Gasteiger partial charge in [0, 0.05) is 24.3 Å². The van der Waals surface area contributed by atoms with Gasteiger partial charge in [-0.25, -0.2) is 4.79 Å². The number of allylic oxidation sites excluding steroid dienone is 1. The van der Waals surface area contributed by atoms with Crippen molar-refractivity contribution >= 4 is 23.1 Å². The second kappa shape index (κ2) is 9.38. The molecule has 2 aromatic carbocycles. The number of para-hydroxylation sites is 1. The number of hydrogen-bond acceptors (Lipinski definition) is 3. The number of anilines is 1. The molecule has 0 radical (unpaired) electrons. The van der Waals surface area contributed by atoms with Crippen molar-refractivity contribution in [2.24, 2.45) is 11.1 Å².